The second-order valence-electron chi connectivity index (χ2n) is 5.03. The number of rotatable bonds is 5. The number of hydrogen-bond donors (Lipinski definition) is 1. The molecule has 0 aliphatic rings. The van der Waals surface area contributed by atoms with Gasteiger partial charge in [-0.05, 0) is 49.4 Å². The Morgan fingerprint density at radius 3 is 2.57 bits per heavy atom. The van der Waals surface area contributed by atoms with Gasteiger partial charge in [-0.25, -0.2) is 9.97 Å². The predicted molar refractivity (Wildman–Crippen MR) is 88.2 cm³/mol. The Morgan fingerprint density at radius 1 is 1.09 bits per heavy atom. The Morgan fingerprint density at radius 2 is 1.83 bits per heavy atom. The Kier molecular flexibility index (Phi) is 4.60. The minimum Gasteiger partial charge on any atom is -0.488 e. The van der Waals surface area contributed by atoms with E-state index in [0.29, 0.717) is 33.4 Å². The molecule has 6 heteroatoms. The molecule has 0 amide bonds. The summed E-state index contributed by atoms with van der Waals surface area (Å²) >= 11 is 5.92. The van der Waals surface area contributed by atoms with Crippen molar-refractivity contribution in [2.75, 3.05) is 6.61 Å². The minimum absolute atomic E-state index is 0.0328. The molecule has 0 bridgehead atoms. The first-order chi connectivity index (χ1) is 11.1. The lowest BCUT2D eigenvalue weighted by molar-refractivity contribution is 0.129. The molecular weight excluding hydrogens is 316 g/mol. The van der Waals surface area contributed by atoms with Crippen LogP contribution in [-0.4, -0.2) is 27.8 Å². The van der Waals surface area contributed by atoms with Gasteiger partial charge in [0.1, 0.15) is 17.6 Å². The summed E-state index contributed by atoms with van der Waals surface area (Å²) in [5.41, 5.74) is 1.43. The molecule has 0 aliphatic carbocycles. The van der Waals surface area contributed by atoms with Crippen molar-refractivity contribution in [3.8, 4) is 17.4 Å². The van der Waals surface area contributed by atoms with Crippen LogP contribution in [0, 0.1) is 0 Å². The van der Waals surface area contributed by atoms with Gasteiger partial charge in [-0.1, -0.05) is 11.6 Å². The first-order valence-electron chi connectivity index (χ1n) is 7.12. The van der Waals surface area contributed by atoms with Crippen LogP contribution < -0.4 is 9.47 Å². The highest BCUT2D eigenvalue weighted by Crippen LogP contribution is 2.24. The number of halogens is 1. The zero-order valence-corrected chi connectivity index (χ0v) is 13.2. The monoisotopic (exact) mass is 330 g/mol. The second kappa shape index (κ2) is 6.81. The van der Waals surface area contributed by atoms with Crippen LogP contribution in [0.25, 0.3) is 11.0 Å². The fourth-order valence-electron chi connectivity index (χ4n) is 1.99. The van der Waals surface area contributed by atoms with Gasteiger partial charge < -0.3 is 14.6 Å². The molecule has 1 unspecified atom stereocenters. The average molecular weight is 331 g/mol. The van der Waals surface area contributed by atoms with E-state index in [1.165, 1.54) is 0 Å². The molecule has 5 nitrogen and oxygen atoms in total. The van der Waals surface area contributed by atoms with E-state index in [0.717, 1.165) is 0 Å². The number of benzene rings is 2. The Labute approximate surface area is 138 Å². The van der Waals surface area contributed by atoms with Gasteiger partial charge in [0.15, 0.2) is 0 Å². The van der Waals surface area contributed by atoms with E-state index in [2.05, 4.69) is 9.97 Å². The van der Waals surface area contributed by atoms with Crippen molar-refractivity contribution < 1.29 is 14.6 Å². The molecular formula is C17H15ClN2O3. The normalized spacial score (nSPS) is 12.1. The smallest absolute Gasteiger partial charge is 0.238 e. The molecule has 0 saturated carbocycles. The number of aromatic nitrogens is 2. The number of aliphatic hydroxyl groups excluding tert-OH is 1. The average Bonchev–Trinajstić information content (AvgIpc) is 2.56. The first-order valence-corrected chi connectivity index (χ1v) is 7.49. The molecule has 23 heavy (non-hydrogen) atoms. The highest BCUT2D eigenvalue weighted by molar-refractivity contribution is 6.31. The quantitative estimate of drug-likeness (QED) is 0.770. The molecule has 0 fully saturated rings. The molecule has 0 radical (unpaired) electrons. The zero-order chi connectivity index (χ0) is 16.2. The largest absolute Gasteiger partial charge is 0.488 e. The van der Waals surface area contributed by atoms with Crippen LogP contribution in [0.15, 0.2) is 48.7 Å². The minimum atomic E-state index is -0.250. The summed E-state index contributed by atoms with van der Waals surface area (Å²) in [5.74, 6) is 1.69. The number of aliphatic hydroxyl groups is 1. The maximum atomic E-state index is 8.98. The van der Waals surface area contributed by atoms with Crippen LogP contribution in [-0.2, 0) is 0 Å². The summed E-state index contributed by atoms with van der Waals surface area (Å²) < 4.78 is 11.2. The van der Waals surface area contributed by atoms with E-state index < -0.39 is 0 Å². The van der Waals surface area contributed by atoms with Gasteiger partial charge in [-0.2, -0.15) is 0 Å². The number of fused-ring (bicyclic) bond motifs is 1. The summed E-state index contributed by atoms with van der Waals surface area (Å²) in [7, 11) is 0. The molecule has 3 rings (SSSR count). The van der Waals surface area contributed by atoms with Gasteiger partial charge >= 0.3 is 0 Å². The Bertz CT molecular complexity index is 809. The van der Waals surface area contributed by atoms with E-state index in [9.17, 15) is 0 Å². The third-order valence-electron chi connectivity index (χ3n) is 3.12. The maximum absolute atomic E-state index is 8.98. The molecule has 1 heterocycles. The standard InChI is InChI=1S/C17H15ClN2O3/c1-11(10-21)22-13-3-5-14(6-4-13)23-17-9-19-16-8-12(18)2-7-15(16)20-17/h2-9,11,21H,10H2,1H3. The first kappa shape index (κ1) is 15.5. The van der Waals surface area contributed by atoms with Gasteiger partial charge in [0, 0.05) is 5.02 Å². The summed E-state index contributed by atoms with van der Waals surface area (Å²) in [6.07, 6.45) is 1.30. The number of nitrogens with zero attached hydrogens (tertiary/aromatic N) is 2. The SMILES string of the molecule is CC(CO)Oc1ccc(Oc2cnc3cc(Cl)ccc3n2)cc1. The van der Waals surface area contributed by atoms with Crippen molar-refractivity contribution in [2.24, 2.45) is 0 Å². The zero-order valence-electron chi connectivity index (χ0n) is 12.4. The van der Waals surface area contributed by atoms with E-state index in [1.807, 2.05) is 0 Å². The van der Waals surface area contributed by atoms with Crippen molar-refractivity contribution in [3.63, 3.8) is 0 Å². The van der Waals surface area contributed by atoms with Crippen LogP contribution in [0.5, 0.6) is 17.4 Å². The van der Waals surface area contributed by atoms with Gasteiger partial charge in [0.05, 0.1) is 23.8 Å². The molecule has 3 aromatic rings. The van der Waals surface area contributed by atoms with Crippen molar-refractivity contribution in [3.05, 3.63) is 53.7 Å². The van der Waals surface area contributed by atoms with Gasteiger partial charge in [0.25, 0.3) is 0 Å². The molecule has 1 atom stereocenters. The van der Waals surface area contributed by atoms with Gasteiger partial charge in [0.2, 0.25) is 5.88 Å². The van der Waals surface area contributed by atoms with Crippen LogP contribution in [0.1, 0.15) is 6.92 Å². The second-order valence-corrected chi connectivity index (χ2v) is 5.46. The lowest BCUT2D eigenvalue weighted by Crippen LogP contribution is -2.15. The lowest BCUT2D eigenvalue weighted by atomic mass is 10.3. The topological polar surface area (TPSA) is 64.5 Å². The van der Waals surface area contributed by atoms with Crippen LogP contribution in [0.3, 0.4) is 0 Å². The predicted octanol–water partition coefficient (Wildman–Crippen LogP) is 3.84. The third kappa shape index (κ3) is 3.88. The molecule has 1 N–H and O–H groups in total. The fourth-order valence-corrected chi connectivity index (χ4v) is 2.16. The Balaban J connectivity index is 1.75. The summed E-state index contributed by atoms with van der Waals surface area (Å²) in [4.78, 5) is 8.67. The van der Waals surface area contributed by atoms with Crippen molar-refractivity contribution in [1.29, 1.82) is 0 Å². The van der Waals surface area contributed by atoms with Gasteiger partial charge in [-0.15, -0.1) is 0 Å². The van der Waals surface area contributed by atoms with E-state index in [-0.39, 0.29) is 12.7 Å². The summed E-state index contributed by atoms with van der Waals surface area (Å²) in [5, 5.41) is 9.59. The van der Waals surface area contributed by atoms with E-state index in [4.69, 9.17) is 26.2 Å². The molecule has 1 aromatic heterocycles. The van der Waals surface area contributed by atoms with Crippen LogP contribution in [0.2, 0.25) is 5.02 Å². The highest BCUT2D eigenvalue weighted by atomic mass is 35.5. The van der Waals surface area contributed by atoms with Crippen molar-refractivity contribution >= 4 is 22.6 Å². The number of hydrogen-bond acceptors (Lipinski definition) is 5. The van der Waals surface area contributed by atoms with Crippen LogP contribution in [0.4, 0.5) is 0 Å². The van der Waals surface area contributed by atoms with E-state index in [1.54, 1.807) is 55.6 Å². The molecule has 118 valence electrons. The summed E-state index contributed by atoms with van der Waals surface area (Å²) in [6.45, 7) is 1.76. The molecule has 0 aliphatic heterocycles. The van der Waals surface area contributed by atoms with E-state index >= 15 is 0 Å². The third-order valence-corrected chi connectivity index (χ3v) is 3.36. The Hall–Kier alpha value is -2.37. The molecule has 0 spiro atoms. The summed E-state index contributed by atoms with van der Waals surface area (Å²) in [6, 6.07) is 12.4. The number of ether oxygens (including phenoxy) is 2. The fraction of sp³-hybridized carbons (Fsp3) is 0.176. The lowest BCUT2D eigenvalue weighted by Gasteiger charge is -2.12. The van der Waals surface area contributed by atoms with Crippen molar-refractivity contribution in [2.45, 2.75) is 13.0 Å². The van der Waals surface area contributed by atoms with Crippen molar-refractivity contribution in [1.82, 2.24) is 9.97 Å². The van der Waals surface area contributed by atoms with Crippen LogP contribution >= 0.6 is 11.6 Å². The highest BCUT2D eigenvalue weighted by Gasteiger charge is 2.05. The van der Waals surface area contributed by atoms with Gasteiger partial charge in [-0.3, -0.25) is 0 Å². The molecule has 2 aromatic carbocycles. The maximum Gasteiger partial charge on any atom is 0.238 e. The molecule has 0 saturated heterocycles.